The van der Waals surface area contributed by atoms with Gasteiger partial charge in [0.05, 0.1) is 12.2 Å². The molecule has 1 spiro atoms. The Bertz CT molecular complexity index is 523. The summed E-state index contributed by atoms with van der Waals surface area (Å²) in [5, 5.41) is 4.67. The second-order valence-electron chi connectivity index (χ2n) is 6.88. The van der Waals surface area contributed by atoms with Gasteiger partial charge in [-0.25, -0.2) is 4.98 Å². The van der Waals surface area contributed by atoms with Crippen LogP contribution in [0.2, 0.25) is 0 Å². The Balaban J connectivity index is 1.58. The lowest BCUT2D eigenvalue weighted by molar-refractivity contribution is 0.203. The number of nitrogens with zero attached hydrogens (tertiary/aromatic N) is 3. The molecule has 0 radical (unpaired) electrons. The first-order valence-corrected chi connectivity index (χ1v) is 9.32. The van der Waals surface area contributed by atoms with Crippen molar-refractivity contribution in [1.82, 2.24) is 15.2 Å². The number of rotatable bonds is 2. The van der Waals surface area contributed by atoms with Crippen molar-refractivity contribution in [2.45, 2.75) is 58.9 Å². The van der Waals surface area contributed by atoms with E-state index in [1.807, 2.05) is 7.05 Å². The summed E-state index contributed by atoms with van der Waals surface area (Å²) >= 11 is 1.78. The van der Waals surface area contributed by atoms with Gasteiger partial charge in [0.15, 0.2) is 5.96 Å². The molecule has 4 nitrogen and oxygen atoms in total. The summed E-state index contributed by atoms with van der Waals surface area (Å²) in [7, 11) is 1.90. The number of guanidine groups is 1. The number of aryl methyl sites for hydroxylation is 2. The predicted molar refractivity (Wildman–Crippen MR) is 93.5 cm³/mol. The van der Waals surface area contributed by atoms with Crippen LogP contribution < -0.4 is 5.32 Å². The third-order valence-corrected chi connectivity index (χ3v) is 6.41. The molecular weight excluding hydrogens is 292 g/mol. The molecule has 2 aliphatic rings. The first-order valence-electron chi connectivity index (χ1n) is 8.50. The minimum Gasteiger partial charge on any atom is -0.350 e. The Labute approximate surface area is 138 Å². The van der Waals surface area contributed by atoms with Crippen molar-refractivity contribution in [3.05, 3.63) is 15.6 Å². The van der Waals surface area contributed by atoms with Gasteiger partial charge in [0.25, 0.3) is 0 Å². The highest BCUT2D eigenvalue weighted by Crippen LogP contribution is 2.43. The molecule has 0 unspecified atom stereocenters. The van der Waals surface area contributed by atoms with E-state index >= 15 is 0 Å². The molecule has 3 rings (SSSR count). The van der Waals surface area contributed by atoms with Crippen molar-refractivity contribution in [2.24, 2.45) is 10.4 Å². The van der Waals surface area contributed by atoms with E-state index in [2.05, 4.69) is 34.0 Å². The fourth-order valence-electron chi connectivity index (χ4n) is 3.93. The van der Waals surface area contributed by atoms with Crippen LogP contribution in [0.4, 0.5) is 0 Å². The maximum atomic E-state index is 4.61. The summed E-state index contributed by atoms with van der Waals surface area (Å²) in [6.07, 6.45) is 8.41. The molecule has 1 saturated heterocycles. The summed E-state index contributed by atoms with van der Waals surface area (Å²) in [5.74, 6) is 1.05. The molecular formula is C17H28N4S. The molecule has 1 N–H and O–H groups in total. The van der Waals surface area contributed by atoms with Crippen LogP contribution in [0.1, 0.15) is 54.1 Å². The molecule has 22 heavy (non-hydrogen) atoms. The highest BCUT2D eigenvalue weighted by Gasteiger charge is 2.39. The van der Waals surface area contributed by atoms with Gasteiger partial charge >= 0.3 is 0 Å². The van der Waals surface area contributed by atoms with E-state index in [-0.39, 0.29) is 0 Å². The molecule has 122 valence electrons. The number of aromatic nitrogens is 1. The van der Waals surface area contributed by atoms with E-state index in [1.54, 1.807) is 11.3 Å². The van der Waals surface area contributed by atoms with Gasteiger partial charge in [-0.05, 0) is 38.5 Å². The molecule has 0 atom stereocenters. The zero-order valence-electron chi connectivity index (χ0n) is 14.1. The summed E-state index contributed by atoms with van der Waals surface area (Å²) in [5.41, 5.74) is 1.73. The van der Waals surface area contributed by atoms with Gasteiger partial charge < -0.3 is 10.2 Å². The highest BCUT2D eigenvalue weighted by molar-refractivity contribution is 7.11. The smallest absolute Gasteiger partial charge is 0.194 e. The molecule has 1 aromatic rings. The molecule has 0 bridgehead atoms. The van der Waals surface area contributed by atoms with Gasteiger partial charge in [-0.3, -0.25) is 4.99 Å². The summed E-state index contributed by atoms with van der Waals surface area (Å²) in [4.78, 5) is 12.9. The second kappa shape index (κ2) is 6.57. The molecule has 1 aliphatic heterocycles. The molecule has 1 saturated carbocycles. The van der Waals surface area contributed by atoms with Crippen molar-refractivity contribution in [3.63, 3.8) is 0 Å². The highest BCUT2D eigenvalue weighted by atomic mass is 32.1. The zero-order chi connectivity index (χ0) is 15.6. The number of nitrogens with one attached hydrogen (secondary N) is 1. The average Bonchev–Trinajstić information content (AvgIpc) is 3.05. The average molecular weight is 321 g/mol. The van der Waals surface area contributed by atoms with E-state index < -0.39 is 0 Å². The fourth-order valence-corrected chi connectivity index (χ4v) is 4.80. The minimum absolute atomic E-state index is 0.574. The predicted octanol–water partition coefficient (Wildman–Crippen LogP) is 3.49. The Hall–Kier alpha value is -1.10. The molecule has 1 aromatic heterocycles. The molecule has 2 fully saturated rings. The van der Waals surface area contributed by atoms with Crippen LogP contribution in [-0.2, 0) is 6.54 Å². The van der Waals surface area contributed by atoms with Crippen LogP contribution in [0, 0.1) is 19.3 Å². The minimum atomic E-state index is 0.574. The normalized spacial score (nSPS) is 21.6. The van der Waals surface area contributed by atoms with Crippen LogP contribution in [-0.4, -0.2) is 36.0 Å². The van der Waals surface area contributed by atoms with Gasteiger partial charge in [0, 0.05) is 25.0 Å². The van der Waals surface area contributed by atoms with Gasteiger partial charge in [0.1, 0.15) is 5.01 Å². The standard InChI is InChI=1S/C17H28N4S/c1-13-14(2)22-15(20-13)11-19-16(18-3)21-10-9-17(12-21)7-5-4-6-8-17/h4-12H2,1-3H3,(H,18,19). The molecule has 1 aliphatic carbocycles. The molecule has 5 heteroatoms. The van der Waals surface area contributed by atoms with E-state index in [4.69, 9.17) is 0 Å². The van der Waals surface area contributed by atoms with E-state index in [1.165, 1.54) is 49.9 Å². The number of likely N-dealkylation sites (tertiary alicyclic amines) is 1. The number of thiazole rings is 1. The monoisotopic (exact) mass is 320 g/mol. The Morgan fingerprint density at radius 1 is 1.27 bits per heavy atom. The van der Waals surface area contributed by atoms with Gasteiger partial charge in [-0.1, -0.05) is 19.3 Å². The largest absolute Gasteiger partial charge is 0.350 e. The van der Waals surface area contributed by atoms with Crippen LogP contribution in [0.5, 0.6) is 0 Å². The lowest BCUT2D eigenvalue weighted by atomic mass is 9.73. The SMILES string of the molecule is CN=C(NCc1nc(C)c(C)s1)N1CCC2(CCCCC2)C1. The van der Waals surface area contributed by atoms with E-state index in [0.717, 1.165) is 29.8 Å². The van der Waals surface area contributed by atoms with Crippen molar-refractivity contribution >= 4 is 17.3 Å². The van der Waals surface area contributed by atoms with Crippen LogP contribution in [0.3, 0.4) is 0 Å². The summed E-state index contributed by atoms with van der Waals surface area (Å²) in [6.45, 7) is 7.34. The summed E-state index contributed by atoms with van der Waals surface area (Å²) in [6, 6.07) is 0. The van der Waals surface area contributed by atoms with Gasteiger partial charge in [-0.15, -0.1) is 11.3 Å². The number of hydrogen-bond acceptors (Lipinski definition) is 3. The van der Waals surface area contributed by atoms with Crippen molar-refractivity contribution in [3.8, 4) is 0 Å². The first kappa shape index (κ1) is 15.8. The third kappa shape index (κ3) is 3.29. The number of aliphatic imine (C=N–C) groups is 1. The maximum absolute atomic E-state index is 4.61. The lowest BCUT2D eigenvalue weighted by Crippen LogP contribution is -2.41. The third-order valence-electron chi connectivity index (χ3n) is 5.33. The summed E-state index contributed by atoms with van der Waals surface area (Å²) < 4.78 is 0. The van der Waals surface area contributed by atoms with Crippen molar-refractivity contribution < 1.29 is 0 Å². The maximum Gasteiger partial charge on any atom is 0.194 e. The zero-order valence-corrected chi connectivity index (χ0v) is 14.9. The van der Waals surface area contributed by atoms with Crippen LogP contribution in [0.25, 0.3) is 0 Å². The topological polar surface area (TPSA) is 40.5 Å². The second-order valence-corrected chi connectivity index (χ2v) is 8.17. The molecule has 2 heterocycles. The number of hydrogen-bond donors (Lipinski definition) is 1. The van der Waals surface area contributed by atoms with Crippen molar-refractivity contribution in [2.75, 3.05) is 20.1 Å². The van der Waals surface area contributed by atoms with E-state index in [9.17, 15) is 0 Å². The van der Waals surface area contributed by atoms with Crippen LogP contribution >= 0.6 is 11.3 Å². The molecule has 0 amide bonds. The Kier molecular flexibility index (Phi) is 4.71. The first-order chi connectivity index (χ1) is 10.6. The van der Waals surface area contributed by atoms with Crippen molar-refractivity contribution in [1.29, 1.82) is 0 Å². The van der Waals surface area contributed by atoms with Gasteiger partial charge in [-0.2, -0.15) is 0 Å². The fraction of sp³-hybridized carbons (Fsp3) is 0.765. The van der Waals surface area contributed by atoms with Crippen LogP contribution in [0.15, 0.2) is 4.99 Å². The Morgan fingerprint density at radius 3 is 2.68 bits per heavy atom. The lowest BCUT2D eigenvalue weighted by Gasteiger charge is -2.33. The quantitative estimate of drug-likeness (QED) is 0.670. The Morgan fingerprint density at radius 2 is 2.05 bits per heavy atom. The van der Waals surface area contributed by atoms with E-state index in [0.29, 0.717) is 5.41 Å². The molecule has 0 aromatic carbocycles. The van der Waals surface area contributed by atoms with Gasteiger partial charge in [0.2, 0.25) is 0 Å².